The molecule has 0 unspecified atom stereocenters. The predicted molar refractivity (Wildman–Crippen MR) is 113 cm³/mol. The minimum absolute atomic E-state index is 0.147. The lowest BCUT2D eigenvalue weighted by Gasteiger charge is -2.54. The molecule has 2 heterocycles. The number of allylic oxidation sites excluding steroid dienone is 2. The molecule has 168 valence electrons. The molecule has 1 aromatic carbocycles. The SMILES string of the molecule is COC(=O)/C=C(\C(=O)OC)N1CC[C@@]23C4=CC=C(OC)[C@@H]2Oc2c(OC)ccc(c23)C[C@H]41. The maximum Gasteiger partial charge on any atom is 0.354 e. The maximum atomic E-state index is 12.7. The first-order chi connectivity index (χ1) is 15.5. The number of ether oxygens (including phenoxy) is 5. The quantitative estimate of drug-likeness (QED) is 0.509. The van der Waals surface area contributed by atoms with Gasteiger partial charge in [0.2, 0.25) is 0 Å². The molecule has 32 heavy (non-hydrogen) atoms. The topological polar surface area (TPSA) is 83.5 Å². The molecule has 0 radical (unpaired) electrons. The van der Waals surface area contributed by atoms with Crippen LogP contribution in [0.15, 0.2) is 47.4 Å². The fourth-order valence-corrected chi connectivity index (χ4v) is 5.75. The van der Waals surface area contributed by atoms with Gasteiger partial charge < -0.3 is 28.6 Å². The van der Waals surface area contributed by atoms with Crippen LogP contribution in [0.5, 0.6) is 11.5 Å². The van der Waals surface area contributed by atoms with Gasteiger partial charge in [0.15, 0.2) is 17.6 Å². The Hall–Kier alpha value is -3.42. The highest BCUT2D eigenvalue weighted by Crippen LogP contribution is 2.62. The van der Waals surface area contributed by atoms with E-state index in [-0.39, 0.29) is 17.8 Å². The zero-order valence-electron chi connectivity index (χ0n) is 18.5. The fraction of sp³-hybridized carbons (Fsp3) is 0.417. The predicted octanol–water partition coefficient (Wildman–Crippen LogP) is 2.02. The molecule has 1 spiro atoms. The lowest BCUT2D eigenvalue weighted by Crippen LogP contribution is -2.59. The van der Waals surface area contributed by atoms with E-state index in [0.717, 1.165) is 28.2 Å². The van der Waals surface area contributed by atoms with E-state index >= 15 is 0 Å². The number of hydrogen-bond donors (Lipinski definition) is 0. The van der Waals surface area contributed by atoms with E-state index in [0.29, 0.717) is 25.1 Å². The molecule has 2 aliphatic carbocycles. The van der Waals surface area contributed by atoms with Crippen molar-refractivity contribution in [1.82, 2.24) is 4.90 Å². The lowest BCUT2D eigenvalue weighted by atomic mass is 9.57. The number of esters is 2. The normalized spacial score (nSPS) is 26.9. The molecule has 1 saturated heterocycles. The molecule has 1 aromatic rings. The Kier molecular flexibility index (Phi) is 4.69. The van der Waals surface area contributed by atoms with Crippen LogP contribution in [0.4, 0.5) is 0 Å². The molecule has 4 aliphatic rings. The number of carbonyl (C=O) groups excluding carboxylic acids is 2. The van der Waals surface area contributed by atoms with Crippen LogP contribution in [0.3, 0.4) is 0 Å². The van der Waals surface area contributed by atoms with Gasteiger partial charge in [0, 0.05) is 12.1 Å². The van der Waals surface area contributed by atoms with Crippen LogP contribution in [0.25, 0.3) is 0 Å². The summed E-state index contributed by atoms with van der Waals surface area (Å²) >= 11 is 0. The third-order valence-electron chi connectivity index (χ3n) is 7.05. The molecule has 2 aliphatic heterocycles. The zero-order chi connectivity index (χ0) is 22.6. The van der Waals surface area contributed by atoms with Gasteiger partial charge in [-0.3, -0.25) is 0 Å². The highest BCUT2D eigenvalue weighted by molar-refractivity contribution is 5.96. The van der Waals surface area contributed by atoms with Gasteiger partial charge in [-0.25, -0.2) is 9.59 Å². The average Bonchev–Trinajstić information content (AvgIpc) is 3.16. The summed E-state index contributed by atoms with van der Waals surface area (Å²) in [6.45, 7) is 0.535. The summed E-state index contributed by atoms with van der Waals surface area (Å²) in [5.74, 6) is 1.04. The molecule has 0 amide bonds. The Balaban J connectivity index is 1.70. The van der Waals surface area contributed by atoms with Crippen LogP contribution in [0, 0.1) is 0 Å². The van der Waals surface area contributed by atoms with Crippen molar-refractivity contribution < 1.29 is 33.3 Å². The van der Waals surface area contributed by atoms with Gasteiger partial charge in [-0.05, 0) is 36.1 Å². The van der Waals surface area contributed by atoms with Crippen LogP contribution < -0.4 is 9.47 Å². The molecule has 0 aromatic heterocycles. The van der Waals surface area contributed by atoms with Gasteiger partial charge in [0.25, 0.3) is 0 Å². The van der Waals surface area contributed by atoms with Crippen molar-refractivity contribution in [3.8, 4) is 11.5 Å². The van der Waals surface area contributed by atoms with E-state index in [4.69, 9.17) is 23.7 Å². The highest BCUT2D eigenvalue weighted by Gasteiger charge is 2.62. The van der Waals surface area contributed by atoms with Crippen LogP contribution in [-0.2, 0) is 35.6 Å². The van der Waals surface area contributed by atoms with Gasteiger partial charge in [-0.15, -0.1) is 0 Å². The van der Waals surface area contributed by atoms with Crippen LogP contribution in [0.1, 0.15) is 17.5 Å². The maximum absolute atomic E-state index is 12.7. The number of rotatable bonds is 5. The van der Waals surface area contributed by atoms with E-state index in [1.807, 2.05) is 17.0 Å². The average molecular weight is 439 g/mol. The summed E-state index contributed by atoms with van der Waals surface area (Å²) in [5.41, 5.74) is 3.19. The Bertz CT molecular complexity index is 1100. The second kappa shape index (κ2) is 7.32. The summed E-state index contributed by atoms with van der Waals surface area (Å²) in [4.78, 5) is 26.6. The third-order valence-corrected chi connectivity index (χ3v) is 7.05. The minimum Gasteiger partial charge on any atom is -0.497 e. The standard InChI is InChI=1S/C24H25NO7/c1-28-17-7-5-13-11-15-14-6-8-18(29-2)22-24(14,20(13)21(17)32-22)9-10-25(15)16(23(27)31-4)12-19(26)30-3/h5-8,12,15,22H,9-11H2,1-4H3/b16-12+/t15-,22+,24+/m1/s1. The molecule has 0 N–H and O–H groups in total. The molecular formula is C24H25NO7. The largest absolute Gasteiger partial charge is 0.497 e. The number of piperidine rings is 1. The molecule has 1 fully saturated rings. The van der Waals surface area contributed by atoms with E-state index in [1.165, 1.54) is 20.3 Å². The van der Waals surface area contributed by atoms with Gasteiger partial charge in [0.1, 0.15) is 11.5 Å². The van der Waals surface area contributed by atoms with Crippen molar-refractivity contribution in [2.45, 2.75) is 30.4 Å². The van der Waals surface area contributed by atoms with Gasteiger partial charge >= 0.3 is 11.9 Å². The zero-order valence-corrected chi connectivity index (χ0v) is 18.5. The summed E-state index contributed by atoms with van der Waals surface area (Å²) in [6, 6.07) is 3.83. The summed E-state index contributed by atoms with van der Waals surface area (Å²) in [5, 5.41) is 0. The number of nitrogens with zero attached hydrogens (tertiary/aromatic N) is 1. The number of hydrogen-bond acceptors (Lipinski definition) is 8. The molecule has 2 bridgehead atoms. The molecule has 8 heteroatoms. The Morgan fingerprint density at radius 2 is 1.94 bits per heavy atom. The van der Waals surface area contributed by atoms with E-state index < -0.39 is 17.4 Å². The van der Waals surface area contributed by atoms with E-state index in [1.54, 1.807) is 14.2 Å². The van der Waals surface area contributed by atoms with Crippen molar-refractivity contribution >= 4 is 11.9 Å². The summed E-state index contributed by atoms with van der Waals surface area (Å²) in [7, 11) is 5.88. The number of likely N-dealkylation sites (tertiary alicyclic amines) is 1. The van der Waals surface area contributed by atoms with E-state index in [2.05, 4.69) is 12.1 Å². The Morgan fingerprint density at radius 3 is 2.62 bits per heavy atom. The first-order valence-electron chi connectivity index (χ1n) is 10.5. The van der Waals surface area contributed by atoms with Crippen molar-refractivity contribution in [3.05, 3.63) is 58.5 Å². The van der Waals surface area contributed by atoms with Crippen molar-refractivity contribution in [2.24, 2.45) is 0 Å². The molecule has 3 atom stereocenters. The van der Waals surface area contributed by atoms with Crippen molar-refractivity contribution in [1.29, 1.82) is 0 Å². The number of benzene rings is 1. The van der Waals surface area contributed by atoms with Crippen molar-refractivity contribution in [2.75, 3.05) is 35.0 Å². The minimum atomic E-state index is -0.602. The number of methoxy groups -OCH3 is 4. The second-order valence-electron chi connectivity index (χ2n) is 8.20. The van der Waals surface area contributed by atoms with Gasteiger partial charge in [0.05, 0.1) is 46.0 Å². The monoisotopic (exact) mass is 439 g/mol. The summed E-state index contributed by atoms with van der Waals surface area (Å²) < 4.78 is 27.6. The highest BCUT2D eigenvalue weighted by atomic mass is 16.6. The lowest BCUT2D eigenvalue weighted by molar-refractivity contribution is -0.140. The molecule has 8 nitrogen and oxygen atoms in total. The first-order valence-corrected chi connectivity index (χ1v) is 10.5. The molecule has 0 saturated carbocycles. The smallest absolute Gasteiger partial charge is 0.354 e. The Labute approximate surface area is 186 Å². The molecule has 5 rings (SSSR count). The van der Waals surface area contributed by atoms with Crippen LogP contribution >= 0.6 is 0 Å². The number of carbonyl (C=O) groups is 2. The third kappa shape index (κ3) is 2.55. The van der Waals surface area contributed by atoms with Crippen LogP contribution in [-0.4, -0.2) is 64.0 Å². The van der Waals surface area contributed by atoms with Gasteiger partial charge in [-0.1, -0.05) is 12.1 Å². The summed E-state index contributed by atoms with van der Waals surface area (Å²) in [6.07, 6.45) is 6.22. The Morgan fingerprint density at radius 1 is 1.12 bits per heavy atom. The second-order valence-corrected chi connectivity index (χ2v) is 8.20. The van der Waals surface area contributed by atoms with Crippen molar-refractivity contribution in [3.63, 3.8) is 0 Å². The van der Waals surface area contributed by atoms with Crippen LogP contribution in [0.2, 0.25) is 0 Å². The van der Waals surface area contributed by atoms with Gasteiger partial charge in [-0.2, -0.15) is 0 Å². The fourth-order valence-electron chi connectivity index (χ4n) is 5.75. The molecular weight excluding hydrogens is 414 g/mol. The van der Waals surface area contributed by atoms with E-state index in [9.17, 15) is 9.59 Å². The first kappa shape index (κ1) is 20.5.